The second kappa shape index (κ2) is 12.9. The predicted octanol–water partition coefficient (Wildman–Crippen LogP) is 6.55. The second-order valence-electron chi connectivity index (χ2n) is 8.87. The molecule has 0 unspecified atom stereocenters. The van der Waals surface area contributed by atoms with E-state index in [4.69, 9.17) is 16.3 Å². The molecule has 4 aromatic carbocycles. The highest BCUT2D eigenvalue weighted by atomic mass is 35.5. The fraction of sp³-hybridized carbons (Fsp3) is 0.133. The maximum Gasteiger partial charge on any atom is 0.347 e. The van der Waals surface area contributed by atoms with Crippen molar-refractivity contribution in [1.82, 2.24) is 0 Å². The lowest BCUT2D eigenvalue weighted by atomic mass is 10.1. The van der Waals surface area contributed by atoms with Crippen LogP contribution in [-0.2, 0) is 12.8 Å². The van der Waals surface area contributed by atoms with Gasteiger partial charge in [0.2, 0.25) is 0 Å². The third-order valence-electron chi connectivity index (χ3n) is 6.01. The summed E-state index contributed by atoms with van der Waals surface area (Å²) < 4.78 is 31.9. The van der Waals surface area contributed by atoms with Gasteiger partial charge in [-0.1, -0.05) is 29.8 Å². The number of hydrogen-bond donors (Lipinski definition) is 4. The molecule has 0 radical (unpaired) electrons. The van der Waals surface area contributed by atoms with Crippen LogP contribution >= 0.6 is 11.6 Å². The number of carbonyl (C=O) groups is 2. The number of halogens is 3. The molecule has 0 saturated heterocycles. The maximum atomic E-state index is 13.4. The number of carboxylic acids is 1. The summed E-state index contributed by atoms with van der Waals surface area (Å²) in [5.41, 5.74) is 2.22. The van der Waals surface area contributed by atoms with Gasteiger partial charge in [0.15, 0.2) is 11.6 Å². The Balaban J connectivity index is 1.39. The molecule has 0 fully saturated rings. The number of aromatic carboxylic acids is 1. The third-order valence-corrected chi connectivity index (χ3v) is 6.26. The summed E-state index contributed by atoms with van der Waals surface area (Å²) in [6.07, 6.45) is 1.06. The van der Waals surface area contributed by atoms with Gasteiger partial charge in [-0.15, -0.1) is 0 Å². The number of carboxylic acid groups (broad SMARTS) is 1. The third kappa shape index (κ3) is 7.48. The fourth-order valence-electron chi connectivity index (χ4n) is 3.91. The molecule has 0 atom stereocenters. The molecule has 0 spiro atoms. The molecule has 0 aromatic heterocycles. The molecule has 0 saturated carbocycles. The maximum absolute atomic E-state index is 13.4. The molecule has 0 aliphatic carbocycles. The largest absolute Gasteiger partial charge is 0.507 e. The van der Waals surface area contributed by atoms with Crippen molar-refractivity contribution in [2.45, 2.75) is 12.8 Å². The minimum absolute atomic E-state index is 0.181. The lowest BCUT2D eigenvalue weighted by molar-refractivity contribution is 0.0681. The Morgan fingerprint density at radius 1 is 0.750 bits per heavy atom. The standard InChI is InChI=1S/C30H25ClF2N2O5/c31-20-4-1-18(2-5-20)11-13-34-22-7-10-28(24(17-22)29(37)38)40-30(39)23-16-21(6-9-27(23)36)35-14-12-19-3-8-25(32)26(33)15-19/h1-10,15-17,34-36H,11-14H2,(H,37,38). The lowest BCUT2D eigenvalue weighted by Gasteiger charge is -2.13. The predicted molar refractivity (Wildman–Crippen MR) is 149 cm³/mol. The van der Waals surface area contributed by atoms with Gasteiger partial charge < -0.3 is 25.6 Å². The summed E-state index contributed by atoms with van der Waals surface area (Å²) in [6.45, 7) is 0.865. The molecule has 0 aliphatic heterocycles. The zero-order valence-corrected chi connectivity index (χ0v) is 21.8. The Bertz CT molecular complexity index is 1530. The molecule has 0 bridgehead atoms. The van der Waals surface area contributed by atoms with Crippen LogP contribution in [0.3, 0.4) is 0 Å². The van der Waals surface area contributed by atoms with E-state index in [0.717, 1.165) is 17.7 Å². The van der Waals surface area contributed by atoms with Gasteiger partial charge in [-0.05, 0) is 84.6 Å². The highest BCUT2D eigenvalue weighted by Crippen LogP contribution is 2.27. The zero-order chi connectivity index (χ0) is 28.6. The lowest BCUT2D eigenvalue weighted by Crippen LogP contribution is -2.13. The van der Waals surface area contributed by atoms with Crippen molar-refractivity contribution in [2.75, 3.05) is 23.7 Å². The first kappa shape index (κ1) is 28.4. The molecule has 40 heavy (non-hydrogen) atoms. The Hall–Kier alpha value is -4.63. The second-order valence-corrected chi connectivity index (χ2v) is 9.30. The smallest absolute Gasteiger partial charge is 0.347 e. The van der Waals surface area contributed by atoms with Gasteiger partial charge in [-0.25, -0.2) is 18.4 Å². The first-order valence-electron chi connectivity index (χ1n) is 12.3. The number of benzene rings is 4. The molecule has 4 rings (SSSR count). The molecule has 10 heteroatoms. The monoisotopic (exact) mass is 566 g/mol. The summed E-state index contributed by atoms with van der Waals surface area (Å²) in [5.74, 6) is -4.64. The average Bonchev–Trinajstić information content (AvgIpc) is 2.93. The van der Waals surface area contributed by atoms with Crippen molar-refractivity contribution in [3.8, 4) is 11.5 Å². The number of aromatic hydroxyl groups is 1. The van der Waals surface area contributed by atoms with Gasteiger partial charge >= 0.3 is 11.9 Å². The van der Waals surface area contributed by atoms with Crippen LogP contribution in [0, 0.1) is 11.6 Å². The summed E-state index contributed by atoms with van der Waals surface area (Å²) in [5, 5.41) is 26.8. The van der Waals surface area contributed by atoms with Gasteiger partial charge in [0, 0.05) is 29.5 Å². The molecule has 0 heterocycles. The van der Waals surface area contributed by atoms with Gasteiger partial charge in [0.05, 0.1) is 0 Å². The highest BCUT2D eigenvalue weighted by molar-refractivity contribution is 6.30. The molecular weight excluding hydrogens is 542 g/mol. The summed E-state index contributed by atoms with van der Waals surface area (Å²) >= 11 is 5.90. The number of esters is 1. The number of phenols is 1. The number of rotatable bonds is 11. The molecular formula is C30H25ClF2N2O5. The Morgan fingerprint density at radius 3 is 2.00 bits per heavy atom. The molecule has 4 aromatic rings. The number of phenolic OH excluding ortho intramolecular Hbond substituents is 1. The number of carbonyl (C=O) groups excluding carboxylic acids is 1. The van der Waals surface area contributed by atoms with Crippen LogP contribution in [0.2, 0.25) is 5.02 Å². The van der Waals surface area contributed by atoms with Crippen molar-refractivity contribution in [2.24, 2.45) is 0 Å². The zero-order valence-electron chi connectivity index (χ0n) is 21.1. The summed E-state index contributed by atoms with van der Waals surface area (Å²) in [6, 6.07) is 19.5. The van der Waals surface area contributed by atoms with Crippen molar-refractivity contribution in [3.63, 3.8) is 0 Å². The van der Waals surface area contributed by atoms with Crippen LogP contribution < -0.4 is 15.4 Å². The van der Waals surface area contributed by atoms with Crippen LogP contribution in [0.15, 0.2) is 78.9 Å². The highest BCUT2D eigenvalue weighted by Gasteiger charge is 2.19. The van der Waals surface area contributed by atoms with Crippen LogP contribution in [0.4, 0.5) is 20.2 Å². The van der Waals surface area contributed by atoms with Crippen LogP contribution in [-0.4, -0.2) is 35.2 Å². The average molecular weight is 567 g/mol. The number of nitrogens with one attached hydrogen (secondary N) is 2. The van der Waals surface area contributed by atoms with Gasteiger partial charge in [-0.2, -0.15) is 0 Å². The van der Waals surface area contributed by atoms with Crippen LogP contribution in [0.25, 0.3) is 0 Å². The molecule has 4 N–H and O–H groups in total. The van der Waals surface area contributed by atoms with Gasteiger partial charge in [0.25, 0.3) is 0 Å². The number of ether oxygens (including phenoxy) is 1. The number of anilines is 2. The quantitative estimate of drug-likeness (QED) is 0.0926. The van der Waals surface area contributed by atoms with Gasteiger partial charge in [0.1, 0.15) is 22.6 Å². The van der Waals surface area contributed by atoms with E-state index in [2.05, 4.69) is 10.6 Å². The topological polar surface area (TPSA) is 108 Å². The minimum Gasteiger partial charge on any atom is -0.507 e. The molecule has 0 amide bonds. The minimum atomic E-state index is -1.29. The van der Waals surface area contributed by atoms with E-state index >= 15 is 0 Å². The molecule has 0 aliphatic rings. The fourth-order valence-corrected chi connectivity index (χ4v) is 4.03. The Labute approximate surface area is 234 Å². The van der Waals surface area contributed by atoms with Gasteiger partial charge in [-0.3, -0.25) is 0 Å². The van der Waals surface area contributed by atoms with E-state index in [9.17, 15) is 28.6 Å². The Kier molecular flexibility index (Phi) is 9.19. The van der Waals surface area contributed by atoms with Crippen molar-refractivity contribution in [3.05, 3.63) is 118 Å². The first-order valence-corrected chi connectivity index (χ1v) is 12.7. The van der Waals surface area contributed by atoms with E-state index in [1.807, 2.05) is 12.1 Å². The van der Waals surface area contributed by atoms with Crippen molar-refractivity contribution in [1.29, 1.82) is 0 Å². The van der Waals surface area contributed by atoms with Crippen LogP contribution in [0.1, 0.15) is 31.8 Å². The van der Waals surface area contributed by atoms with E-state index in [1.165, 1.54) is 36.4 Å². The van der Waals surface area contributed by atoms with Crippen molar-refractivity contribution < 1.29 is 33.3 Å². The van der Waals surface area contributed by atoms with Crippen molar-refractivity contribution >= 4 is 34.9 Å². The Morgan fingerprint density at radius 2 is 1.35 bits per heavy atom. The molecule has 206 valence electrons. The number of hydrogen-bond acceptors (Lipinski definition) is 6. The van der Waals surface area contributed by atoms with Crippen LogP contribution in [0.5, 0.6) is 11.5 Å². The van der Waals surface area contributed by atoms with E-state index < -0.39 is 23.6 Å². The SMILES string of the molecule is O=C(Oc1ccc(NCCc2ccc(Cl)cc2)cc1C(=O)O)c1cc(NCCc2ccc(F)c(F)c2)ccc1O. The van der Waals surface area contributed by atoms with E-state index in [0.29, 0.717) is 47.9 Å². The summed E-state index contributed by atoms with van der Waals surface area (Å²) in [7, 11) is 0. The van der Waals surface area contributed by atoms with E-state index in [-0.39, 0.29) is 22.6 Å². The first-order chi connectivity index (χ1) is 19.2. The van der Waals surface area contributed by atoms with E-state index in [1.54, 1.807) is 18.2 Å². The molecule has 7 nitrogen and oxygen atoms in total. The normalized spacial score (nSPS) is 10.7. The summed E-state index contributed by atoms with van der Waals surface area (Å²) in [4.78, 5) is 24.7.